The van der Waals surface area contributed by atoms with Crippen molar-refractivity contribution >= 4 is 21.7 Å². The van der Waals surface area contributed by atoms with Gasteiger partial charge in [0.1, 0.15) is 11.6 Å². The Bertz CT molecular complexity index is 525. The van der Waals surface area contributed by atoms with E-state index in [2.05, 4.69) is 20.9 Å². The van der Waals surface area contributed by atoms with Crippen molar-refractivity contribution in [2.45, 2.75) is 6.04 Å². The van der Waals surface area contributed by atoms with Gasteiger partial charge < -0.3 is 11.5 Å². The number of pyridine rings is 1. The number of benzene rings is 1. The van der Waals surface area contributed by atoms with Crippen LogP contribution in [0.5, 0.6) is 0 Å². The van der Waals surface area contributed by atoms with Crippen molar-refractivity contribution in [3.63, 3.8) is 0 Å². The van der Waals surface area contributed by atoms with Crippen LogP contribution < -0.4 is 11.5 Å². The number of nitrogens with two attached hydrogens (primary N) is 2. The maximum atomic E-state index is 13.3. The number of aromatic nitrogens is 1. The van der Waals surface area contributed by atoms with E-state index in [1.54, 1.807) is 24.4 Å². The van der Waals surface area contributed by atoms with Crippen molar-refractivity contribution < 1.29 is 4.39 Å². The van der Waals surface area contributed by atoms with Crippen LogP contribution in [0.2, 0.25) is 0 Å². The van der Waals surface area contributed by atoms with Crippen LogP contribution >= 0.6 is 15.9 Å². The van der Waals surface area contributed by atoms with Crippen molar-refractivity contribution in [2.75, 3.05) is 5.73 Å². The second-order valence-corrected chi connectivity index (χ2v) is 4.57. The quantitative estimate of drug-likeness (QED) is 0.895. The molecule has 88 valence electrons. The van der Waals surface area contributed by atoms with Crippen molar-refractivity contribution in [1.29, 1.82) is 0 Å². The standard InChI is InChI=1S/C12H11BrFN3/c13-8-4-7(5-9(14)6-8)11(15)10-2-1-3-17-12(10)16/h1-6,11H,15H2,(H2,16,17). The second-order valence-electron chi connectivity index (χ2n) is 3.66. The van der Waals surface area contributed by atoms with Gasteiger partial charge in [0.05, 0.1) is 6.04 Å². The van der Waals surface area contributed by atoms with Crippen LogP contribution in [0.25, 0.3) is 0 Å². The number of nitrogen functional groups attached to an aromatic ring is 1. The van der Waals surface area contributed by atoms with Crippen LogP contribution in [0.3, 0.4) is 0 Å². The van der Waals surface area contributed by atoms with E-state index in [1.165, 1.54) is 12.1 Å². The maximum absolute atomic E-state index is 13.3. The average Bonchev–Trinajstić information content (AvgIpc) is 2.27. The lowest BCUT2D eigenvalue weighted by Gasteiger charge is -2.14. The number of hydrogen-bond donors (Lipinski definition) is 2. The SMILES string of the molecule is Nc1ncccc1C(N)c1cc(F)cc(Br)c1. The minimum atomic E-state index is -0.490. The third-order valence-electron chi connectivity index (χ3n) is 2.45. The number of hydrogen-bond acceptors (Lipinski definition) is 3. The van der Waals surface area contributed by atoms with Crippen LogP contribution in [0.1, 0.15) is 17.2 Å². The molecule has 1 aromatic carbocycles. The van der Waals surface area contributed by atoms with E-state index in [1.807, 2.05) is 0 Å². The highest BCUT2D eigenvalue weighted by atomic mass is 79.9. The summed E-state index contributed by atoms with van der Waals surface area (Å²) < 4.78 is 13.9. The highest BCUT2D eigenvalue weighted by Gasteiger charge is 2.13. The molecule has 1 aromatic heterocycles. The molecular weight excluding hydrogens is 285 g/mol. The largest absolute Gasteiger partial charge is 0.383 e. The summed E-state index contributed by atoms with van der Waals surface area (Å²) in [4.78, 5) is 3.96. The minimum absolute atomic E-state index is 0.340. The second kappa shape index (κ2) is 4.81. The minimum Gasteiger partial charge on any atom is -0.383 e. The first-order valence-electron chi connectivity index (χ1n) is 5.00. The Labute approximate surface area is 107 Å². The molecule has 0 fully saturated rings. The van der Waals surface area contributed by atoms with Crippen LogP contribution in [-0.4, -0.2) is 4.98 Å². The van der Waals surface area contributed by atoms with E-state index in [0.29, 0.717) is 21.4 Å². The molecule has 4 N–H and O–H groups in total. The zero-order valence-electron chi connectivity index (χ0n) is 8.90. The monoisotopic (exact) mass is 295 g/mol. The predicted molar refractivity (Wildman–Crippen MR) is 68.8 cm³/mol. The van der Waals surface area contributed by atoms with Gasteiger partial charge in [0, 0.05) is 16.2 Å². The van der Waals surface area contributed by atoms with Gasteiger partial charge in [-0.25, -0.2) is 9.37 Å². The van der Waals surface area contributed by atoms with Gasteiger partial charge in [-0.3, -0.25) is 0 Å². The maximum Gasteiger partial charge on any atom is 0.128 e. The molecule has 2 rings (SSSR count). The molecule has 0 radical (unpaired) electrons. The fourth-order valence-corrected chi connectivity index (χ4v) is 2.11. The Morgan fingerprint density at radius 3 is 2.71 bits per heavy atom. The van der Waals surface area contributed by atoms with Gasteiger partial charge in [0.15, 0.2) is 0 Å². The van der Waals surface area contributed by atoms with Crippen molar-refractivity contribution in [1.82, 2.24) is 4.98 Å². The van der Waals surface area contributed by atoms with E-state index in [9.17, 15) is 4.39 Å². The highest BCUT2D eigenvalue weighted by Crippen LogP contribution is 2.26. The highest BCUT2D eigenvalue weighted by molar-refractivity contribution is 9.10. The summed E-state index contributed by atoms with van der Waals surface area (Å²) >= 11 is 3.23. The van der Waals surface area contributed by atoms with Gasteiger partial charge in [0.2, 0.25) is 0 Å². The summed E-state index contributed by atoms with van der Waals surface area (Å²) in [6.45, 7) is 0. The van der Waals surface area contributed by atoms with Crippen LogP contribution in [0.4, 0.5) is 10.2 Å². The van der Waals surface area contributed by atoms with Gasteiger partial charge in [-0.15, -0.1) is 0 Å². The molecule has 0 saturated carbocycles. The Kier molecular flexibility index (Phi) is 3.40. The van der Waals surface area contributed by atoms with Crippen molar-refractivity contribution in [3.8, 4) is 0 Å². The third kappa shape index (κ3) is 2.62. The molecule has 17 heavy (non-hydrogen) atoms. The zero-order valence-corrected chi connectivity index (χ0v) is 10.5. The third-order valence-corrected chi connectivity index (χ3v) is 2.91. The van der Waals surface area contributed by atoms with Gasteiger partial charge in [-0.2, -0.15) is 0 Å². The van der Waals surface area contributed by atoms with Crippen LogP contribution in [0, 0.1) is 5.82 Å². The Balaban J connectivity index is 2.43. The predicted octanol–water partition coefficient (Wildman–Crippen LogP) is 2.61. The first-order valence-corrected chi connectivity index (χ1v) is 5.79. The van der Waals surface area contributed by atoms with Crippen molar-refractivity contribution in [2.24, 2.45) is 5.73 Å². The van der Waals surface area contributed by atoms with Crippen molar-refractivity contribution in [3.05, 3.63) is 57.9 Å². The van der Waals surface area contributed by atoms with E-state index >= 15 is 0 Å². The topological polar surface area (TPSA) is 64.9 Å². The summed E-state index contributed by atoms with van der Waals surface area (Å²) in [5.41, 5.74) is 13.1. The molecule has 0 amide bonds. The first kappa shape index (κ1) is 12.0. The zero-order chi connectivity index (χ0) is 12.4. The van der Waals surface area contributed by atoms with E-state index in [-0.39, 0.29) is 5.82 Å². The molecule has 0 aliphatic heterocycles. The lowest BCUT2D eigenvalue weighted by Crippen LogP contribution is -2.14. The summed E-state index contributed by atoms with van der Waals surface area (Å²) in [6, 6.07) is 7.58. The molecule has 0 bridgehead atoms. The molecule has 0 aliphatic rings. The number of rotatable bonds is 2. The van der Waals surface area contributed by atoms with Crippen LogP contribution in [0.15, 0.2) is 41.0 Å². The lowest BCUT2D eigenvalue weighted by atomic mass is 10.0. The van der Waals surface area contributed by atoms with Crippen LogP contribution in [-0.2, 0) is 0 Å². The summed E-state index contributed by atoms with van der Waals surface area (Å²) in [5.74, 6) is 0.0210. The number of halogens is 2. The van der Waals surface area contributed by atoms with E-state index in [4.69, 9.17) is 11.5 Å². The summed E-state index contributed by atoms with van der Waals surface area (Å²) in [7, 11) is 0. The lowest BCUT2D eigenvalue weighted by molar-refractivity contribution is 0.622. The molecular formula is C12H11BrFN3. The molecule has 3 nitrogen and oxygen atoms in total. The molecule has 1 atom stereocenters. The van der Waals surface area contributed by atoms with Gasteiger partial charge in [-0.05, 0) is 29.8 Å². The molecule has 2 aromatic rings. The fraction of sp³-hybridized carbons (Fsp3) is 0.0833. The number of anilines is 1. The molecule has 5 heteroatoms. The van der Waals surface area contributed by atoms with E-state index < -0.39 is 6.04 Å². The summed E-state index contributed by atoms with van der Waals surface area (Å²) in [5, 5.41) is 0. The number of nitrogens with zero attached hydrogens (tertiary/aromatic N) is 1. The van der Waals surface area contributed by atoms with E-state index in [0.717, 1.165) is 0 Å². The first-order chi connectivity index (χ1) is 8.08. The molecule has 0 spiro atoms. The van der Waals surface area contributed by atoms with Gasteiger partial charge in [0.25, 0.3) is 0 Å². The fourth-order valence-electron chi connectivity index (χ4n) is 1.63. The molecule has 0 aliphatic carbocycles. The summed E-state index contributed by atoms with van der Waals surface area (Å²) in [6.07, 6.45) is 1.59. The van der Waals surface area contributed by atoms with Gasteiger partial charge in [-0.1, -0.05) is 22.0 Å². The molecule has 1 heterocycles. The molecule has 1 unspecified atom stereocenters. The van der Waals surface area contributed by atoms with Gasteiger partial charge >= 0.3 is 0 Å². The Morgan fingerprint density at radius 1 is 1.29 bits per heavy atom. The Hall–Kier alpha value is -1.46. The Morgan fingerprint density at radius 2 is 2.06 bits per heavy atom. The normalized spacial score (nSPS) is 12.4. The molecule has 0 saturated heterocycles. The smallest absolute Gasteiger partial charge is 0.128 e. The average molecular weight is 296 g/mol.